The minimum Gasteiger partial charge on any atom is -1.00 e. The summed E-state index contributed by atoms with van der Waals surface area (Å²) in [5.41, 5.74) is 0. The Morgan fingerprint density at radius 3 is 1.12 bits per heavy atom. The van der Waals surface area contributed by atoms with Crippen LogP contribution in [-0.4, -0.2) is 112 Å². The van der Waals surface area contributed by atoms with E-state index in [9.17, 15) is 0 Å². The van der Waals surface area contributed by atoms with Crippen LogP contribution >= 0.6 is 0 Å². The molecule has 0 saturated carbocycles. The van der Waals surface area contributed by atoms with Gasteiger partial charge in [-0.05, 0) is 0 Å². The van der Waals surface area contributed by atoms with Crippen LogP contribution in [0.15, 0.2) is 0 Å². The second kappa shape index (κ2) is 9.85. The van der Waals surface area contributed by atoms with E-state index in [-0.39, 0.29) is 99.1 Å². The normalized spacial score (nSPS) is 7.25. The molecular weight excluding hydrogens is 340 g/mol. The van der Waals surface area contributed by atoms with Crippen LogP contribution < -0.4 is 4.70 Å². The van der Waals surface area contributed by atoms with Gasteiger partial charge in [-0.2, -0.15) is 0 Å². The van der Waals surface area contributed by atoms with Crippen LogP contribution in [0.4, 0.5) is 0 Å². The molecule has 0 aliphatic rings. The first-order valence-electron chi connectivity index (χ1n) is 0.667. The Morgan fingerprint density at radius 2 is 1.12 bits per heavy atom. The number of halogens is 1. The van der Waals surface area contributed by atoms with Crippen molar-refractivity contribution in [1.29, 1.82) is 0 Å². The van der Waals surface area contributed by atoms with Crippen molar-refractivity contribution in [2.24, 2.45) is 0 Å². The summed E-state index contributed by atoms with van der Waals surface area (Å²) in [6, 6.07) is 0. The third-order valence-corrected chi connectivity index (χ3v) is 0. The standard InChI is InChI=1S/Ba.FH.H2O4S.Sr/c;;1-5(2,3)4;/h;1H;(H2,1,2,3,4);/q+2;;;+2/p-3. The second-order valence-corrected chi connectivity index (χ2v) is 1.22. The molecule has 0 aliphatic carbocycles. The molecule has 8 heteroatoms. The summed E-state index contributed by atoms with van der Waals surface area (Å²) in [7, 11) is -5.17. The van der Waals surface area contributed by atoms with E-state index >= 15 is 0 Å². The summed E-state index contributed by atoms with van der Waals surface area (Å²) in [4.78, 5) is 0. The minimum absolute atomic E-state index is 0. The Hall–Kier alpha value is 2.85. The summed E-state index contributed by atoms with van der Waals surface area (Å²) in [6.07, 6.45) is 0. The SMILES string of the molecule is O=S(=O)([O-])[O-].[Ba+2].[F-].[Sr+2]. The predicted octanol–water partition coefficient (Wildman–Crippen LogP) is -5.10. The topological polar surface area (TPSA) is 80.3 Å². The maximum atomic E-state index is 8.52. The summed E-state index contributed by atoms with van der Waals surface area (Å²) >= 11 is 0. The van der Waals surface area contributed by atoms with Crippen LogP contribution in [0.3, 0.4) is 0 Å². The molecule has 0 saturated heterocycles. The first-order chi connectivity index (χ1) is 2.00. The van der Waals surface area contributed by atoms with Gasteiger partial charge in [0.15, 0.2) is 0 Å². The molecule has 0 aromatic carbocycles. The van der Waals surface area contributed by atoms with Gasteiger partial charge in [0.25, 0.3) is 0 Å². The van der Waals surface area contributed by atoms with Crippen molar-refractivity contribution in [2.75, 3.05) is 0 Å². The zero-order valence-electron chi connectivity index (χ0n) is 3.83. The predicted molar refractivity (Wildman–Crippen MR) is 22.0 cm³/mol. The molecule has 0 unspecified atom stereocenters. The summed E-state index contributed by atoms with van der Waals surface area (Å²) in [6.45, 7) is 0. The molecule has 0 aliphatic heterocycles. The molecule has 0 fully saturated rings. The summed E-state index contributed by atoms with van der Waals surface area (Å²) < 4.78 is 34.1. The van der Waals surface area contributed by atoms with Crippen molar-refractivity contribution < 1.29 is 22.2 Å². The molecule has 0 aromatic rings. The molecule has 0 radical (unpaired) electrons. The Balaban J connectivity index is -0.0000000267. The molecular formula is BaFO4SSr+. The van der Waals surface area contributed by atoms with Crippen LogP contribution in [0.1, 0.15) is 0 Å². The third kappa shape index (κ3) is 67.1. The van der Waals surface area contributed by atoms with Gasteiger partial charge in [0.05, 0.1) is 0 Å². The average molecular weight is 340 g/mol. The average Bonchev–Trinajstić information content (AvgIpc) is 0.722. The Bertz CT molecular complexity index is 99.2. The van der Waals surface area contributed by atoms with Crippen LogP contribution in [0, 0.1) is 0 Å². The Morgan fingerprint density at radius 1 is 1.12 bits per heavy atom. The van der Waals surface area contributed by atoms with Crippen LogP contribution in [0.25, 0.3) is 0 Å². The van der Waals surface area contributed by atoms with Crippen molar-refractivity contribution in [3.63, 3.8) is 0 Å². The molecule has 4 nitrogen and oxygen atoms in total. The van der Waals surface area contributed by atoms with E-state index in [0.29, 0.717) is 0 Å². The first-order valence-corrected chi connectivity index (χ1v) is 2.00. The van der Waals surface area contributed by atoms with E-state index in [4.69, 9.17) is 17.5 Å². The van der Waals surface area contributed by atoms with Crippen LogP contribution in [-0.2, 0) is 10.4 Å². The fourth-order valence-electron chi connectivity index (χ4n) is 0. The van der Waals surface area contributed by atoms with Gasteiger partial charge in [-0.3, -0.25) is 8.42 Å². The summed E-state index contributed by atoms with van der Waals surface area (Å²) in [5.74, 6) is 0. The maximum Gasteiger partial charge on any atom is 2.00 e. The van der Waals surface area contributed by atoms with Gasteiger partial charge in [0.1, 0.15) is 0 Å². The van der Waals surface area contributed by atoms with Gasteiger partial charge in [0, 0.05) is 10.4 Å². The summed E-state index contributed by atoms with van der Waals surface area (Å²) in [5, 5.41) is 0. The van der Waals surface area contributed by atoms with Gasteiger partial charge in [-0.1, -0.05) is 0 Å². The Kier molecular flexibility index (Phi) is 27.6. The van der Waals surface area contributed by atoms with Gasteiger partial charge in [-0.25, -0.2) is 0 Å². The van der Waals surface area contributed by atoms with E-state index in [1.54, 1.807) is 0 Å². The molecule has 0 N–H and O–H groups in total. The molecule has 0 atom stereocenters. The quantitative estimate of drug-likeness (QED) is 0.251. The minimum atomic E-state index is -5.17. The van der Waals surface area contributed by atoms with Crippen molar-refractivity contribution in [2.45, 2.75) is 0 Å². The molecule has 0 aromatic heterocycles. The first kappa shape index (κ1) is 22.4. The van der Waals surface area contributed by atoms with E-state index in [1.165, 1.54) is 0 Å². The van der Waals surface area contributed by atoms with E-state index in [0.717, 1.165) is 0 Å². The molecule has 40 valence electrons. The monoisotopic (exact) mass is 341 g/mol. The van der Waals surface area contributed by atoms with Crippen molar-refractivity contribution in [3.8, 4) is 0 Å². The molecule has 0 heterocycles. The maximum absolute atomic E-state index is 8.52. The van der Waals surface area contributed by atoms with Gasteiger partial charge >= 0.3 is 94.4 Å². The van der Waals surface area contributed by atoms with Crippen LogP contribution in [0.5, 0.6) is 0 Å². The number of hydrogen-bond acceptors (Lipinski definition) is 4. The second-order valence-electron chi connectivity index (χ2n) is 0.408. The van der Waals surface area contributed by atoms with E-state index in [2.05, 4.69) is 0 Å². The van der Waals surface area contributed by atoms with Crippen molar-refractivity contribution in [1.82, 2.24) is 0 Å². The van der Waals surface area contributed by atoms with Gasteiger partial charge < -0.3 is 13.8 Å². The van der Waals surface area contributed by atoms with Gasteiger partial charge in [0.2, 0.25) is 0 Å². The molecule has 0 rings (SSSR count). The zero-order valence-corrected chi connectivity index (χ0v) is 12.6. The number of hydrogen-bond donors (Lipinski definition) is 0. The largest absolute Gasteiger partial charge is 2.00 e. The fraction of sp³-hybridized carbons (Fsp3) is 0. The van der Waals surface area contributed by atoms with Crippen molar-refractivity contribution >= 4 is 105 Å². The fourth-order valence-corrected chi connectivity index (χ4v) is 0. The zero-order chi connectivity index (χ0) is 4.50. The molecule has 0 amide bonds. The van der Waals surface area contributed by atoms with Crippen molar-refractivity contribution in [3.05, 3.63) is 0 Å². The molecule has 0 bridgehead atoms. The third-order valence-electron chi connectivity index (χ3n) is 0. The molecule has 8 heavy (non-hydrogen) atoms. The van der Waals surface area contributed by atoms with E-state index in [1.807, 2.05) is 0 Å². The van der Waals surface area contributed by atoms with Gasteiger partial charge in [-0.15, -0.1) is 0 Å². The number of rotatable bonds is 0. The van der Waals surface area contributed by atoms with E-state index < -0.39 is 10.4 Å². The Labute approximate surface area is 124 Å². The smallest absolute Gasteiger partial charge is 1.00 e. The molecule has 0 spiro atoms. The van der Waals surface area contributed by atoms with Crippen LogP contribution in [0.2, 0.25) is 0 Å².